The molecule has 0 nitrogen and oxygen atoms in total. The summed E-state index contributed by atoms with van der Waals surface area (Å²) in [6.45, 7) is 0.0753. The molecule has 2 aromatic rings. The second kappa shape index (κ2) is 7.18. The van der Waals surface area contributed by atoms with E-state index < -0.39 is 6.53 Å². The zero-order chi connectivity index (χ0) is 13.6. The summed E-state index contributed by atoms with van der Waals surface area (Å²) in [5, 5.41) is 2.59. The SMILES string of the molecule is CCCCS[Si](Cl)(c1ccccc1)c1ccccc1. The van der Waals surface area contributed by atoms with E-state index in [1.54, 1.807) is 0 Å². The summed E-state index contributed by atoms with van der Waals surface area (Å²) in [6.07, 6.45) is 2.45. The Morgan fingerprint density at radius 2 is 1.37 bits per heavy atom. The van der Waals surface area contributed by atoms with Crippen molar-refractivity contribution in [3.8, 4) is 0 Å². The summed E-state index contributed by atoms with van der Waals surface area (Å²) in [5.74, 6) is 1.13. The Morgan fingerprint density at radius 1 is 0.895 bits per heavy atom. The Balaban J connectivity index is 2.33. The number of hydrogen-bond donors (Lipinski definition) is 0. The predicted molar refractivity (Wildman–Crippen MR) is 91.1 cm³/mol. The van der Waals surface area contributed by atoms with Crippen LogP contribution < -0.4 is 10.4 Å². The van der Waals surface area contributed by atoms with E-state index in [-0.39, 0.29) is 0 Å². The van der Waals surface area contributed by atoms with Gasteiger partial charge in [0.15, 0.2) is 0 Å². The lowest BCUT2D eigenvalue weighted by atomic mass is 10.4. The molecule has 0 fully saturated rings. The highest BCUT2D eigenvalue weighted by atomic mass is 35.6. The lowest BCUT2D eigenvalue weighted by Gasteiger charge is -2.25. The van der Waals surface area contributed by atoms with Crippen LogP contribution >= 0.6 is 22.3 Å². The summed E-state index contributed by atoms with van der Waals surface area (Å²) in [5.41, 5.74) is 0. The van der Waals surface area contributed by atoms with Crippen LogP contribution in [0.5, 0.6) is 0 Å². The zero-order valence-corrected chi connectivity index (χ0v) is 13.8. The Kier molecular flexibility index (Phi) is 5.55. The summed E-state index contributed by atoms with van der Waals surface area (Å²) < 4.78 is 0. The fourth-order valence-electron chi connectivity index (χ4n) is 2.00. The van der Waals surface area contributed by atoms with Crippen molar-refractivity contribution in [3.63, 3.8) is 0 Å². The molecule has 0 bridgehead atoms. The molecule has 0 radical (unpaired) electrons. The molecule has 0 saturated heterocycles. The third kappa shape index (κ3) is 3.65. The number of benzene rings is 2. The molecule has 0 spiro atoms. The van der Waals surface area contributed by atoms with E-state index in [2.05, 4.69) is 67.6 Å². The third-order valence-corrected chi connectivity index (χ3v) is 11.6. The number of halogens is 1. The fourth-order valence-corrected chi connectivity index (χ4v) is 9.16. The van der Waals surface area contributed by atoms with E-state index in [1.165, 1.54) is 23.2 Å². The minimum absolute atomic E-state index is 1.13. The average Bonchev–Trinajstić information content (AvgIpc) is 2.49. The predicted octanol–water partition coefficient (Wildman–Crippen LogP) is 4.02. The van der Waals surface area contributed by atoms with Crippen LogP contribution in [0.1, 0.15) is 19.8 Å². The number of rotatable bonds is 6. The van der Waals surface area contributed by atoms with Crippen molar-refractivity contribution in [3.05, 3.63) is 60.7 Å². The van der Waals surface area contributed by atoms with Gasteiger partial charge in [0.1, 0.15) is 0 Å². The molecule has 3 heteroatoms. The van der Waals surface area contributed by atoms with Crippen LogP contribution in [0.25, 0.3) is 0 Å². The van der Waals surface area contributed by atoms with Crippen LogP contribution in [0.15, 0.2) is 60.7 Å². The largest absolute Gasteiger partial charge is 0.276 e. The monoisotopic (exact) mass is 306 g/mol. The molecule has 0 aliphatic heterocycles. The molecule has 0 amide bonds. The Labute approximate surface area is 125 Å². The zero-order valence-electron chi connectivity index (χ0n) is 11.2. The molecule has 0 aromatic heterocycles. The van der Waals surface area contributed by atoms with Crippen molar-refractivity contribution in [1.82, 2.24) is 0 Å². The average molecular weight is 307 g/mol. The minimum Gasteiger partial charge on any atom is -0.159 e. The number of unbranched alkanes of at least 4 members (excludes halogenated alkanes) is 1. The normalized spacial score (nSPS) is 11.5. The third-order valence-electron chi connectivity index (χ3n) is 3.09. The van der Waals surface area contributed by atoms with Gasteiger partial charge in [0.25, 0.3) is 6.53 Å². The van der Waals surface area contributed by atoms with Gasteiger partial charge in [-0.15, -0.1) is 11.1 Å². The quantitative estimate of drug-likeness (QED) is 0.441. The van der Waals surface area contributed by atoms with E-state index in [1.807, 2.05) is 11.2 Å². The van der Waals surface area contributed by atoms with Gasteiger partial charge in [-0.05, 0) is 22.5 Å². The van der Waals surface area contributed by atoms with Crippen LogP contribution in [0.2, 0.25) is 0 Å². The van der Waals surface area contributed by atoms with Crippen LogP contribution in [-0.4, -0.2) is 12.3 Å². The molecule has 0 heterocycles. The maximum atomic E-state index is 7.13. The lowest BCUT2D eigenvalue weighted by Crippen LogP contribution is -2.51. The van der Waals surface area contributed by atoms with Gasteiger partial charge in [-0.25, -0.2) is 0 Å². The molecule has 0 aliphatic rings. The smallest absolute Gasteiger partial charge is 0.159 e. The molecular formula is C16H19ClSSi. The second-order valence-electron chi connectivity index (χ2n) is 4.53. The lowest BCUT2D eigenvalue weighted by molar-refractivity contribution is 0.898. The molecule has 0 unspecified atom stereocenters. The van der Waals surface area contributed by atoms with Crippen molar-refractivity contribution in [2.45, 2.75) is 19.8 Å². The molecule has 0 aliphatic carbocycles. The summed E-state index contributed by atoms with van der Waals surface area (Å²) in [4.78, 5) is 0. The van der Waals surface area contributed by atoms with Gasteiger partial charge in [-0.2, -0.15) is 11.2 Å². The highest BCUT2D eigenvalue weighted by Crippen LogP contribution is 2.25. The topological polar surface area (TPSA) is 0 Å². The molecule has 100 valence electrons. The van der Waals surface area contributed by atoms with Gasteiger partial charge in [-0.3, -0.25) is 0 Å². The van der Waals surface area contributed by atoms with Gasteiger partial charge in [0, 0.05) is 0 Å². The Morgan fingerprint density at radius 3 is 1.79 bits per heavy atom. The molecule has 19 heavy (non-hydrogen) atoms. The summed E-state index contributed by atoms with van der Waals surface area (Å²) in [7, 11) is 0. The molecule has 0 saturated carbocycles. The van der Waals surface area contributed by atoms with Gasteiger partial charge in [-0.1, -0.05) is 74.0 Å². The molecule has 0 N–H and O–H groups in total. The maximum absolute atomic E-state index is 7.13. The molecule has 2 rings (SSSR count). The van der Waals surface area contributed by atoms with Crippen molar-refractivity contribution >= 4 is 39.2 Å². The first-order valence-electron chi connectivity index (χ1n) is 6.71. The second-order valence-corrected chi connectivity index (χ2v) is 12.6. The van der Waals surface area contributed by atoms with Crippen molar-refractivity contribution < 1.29 is 0 Å². The molecule has 0 atom stereocenters. The Hall–Kier alpha value is -0.703. The first kappa shape index (κ1) is 14.7. The standard InChI is InChI=1S/C16H19ClSSi/c1-2-3-14-18-19(17,15-10-6-4-7-11-15)16-12-8-5-9-13-16/h4-13H,2-3,14H2,1H3. The van der Waals surface area contributed by atoms with Gasteiger partial charge in [0.2, 0.25) is 0 Å². The first-order chi connectivity index (χ1) is 9.27. The van der Waals surface area contributed by atoms with Crippen LogP contribution in [0, 0.1) is 0 Å². The Bertz CT molecular complexity index is 447. The highest BCUT2D eigenvalue weighted by molar-refractivity contribution is 8.36. The van der Waals surface area contributed by atoms with Crippen molar-refractivity contribution in [1.29, 1.82) is 0 Å². The van der Waals surface area contributed by atoms with Gasteiger partial charge in [0.05, 0.1) is 0 Å². The van der Waals surface area contributed by atoms with E-state index in [0.717, 1.165) is 5.75 Å². The van der Waals surface area contributed by atoms with Crippen LogP contribution in [0.3, 0.4) is 0 Å². The van der Waals surface area contributed by atoms with Crippen LogP contribution in [-0.2, 0) is 0 Å². The van der Waals surface area contributed by atoms with E-state index >= 15 is 0 Å². The fraction of sp³-hybridized carbons (Fsp3) is 0.250. The summed E-state index contributed by atoms with van der Waals surface area (Å²) >= 11 is 9.09. The minimum atomic E-state index is -2.15. The van der Waals surface area contributed by atoms with E-state index in [0.29, 0.717) is 0 Å². The first-order valence-corrected chi connectivity index (χ1v) is 11.4. The molecule has 2 aromatic carbocycles. The maximum Gasteiger partial charge on any atom is 0.276 e. The summed E-state index contributed by atoms with van der Waals surface area (Å²) in [6, 6.07) is 21.1. The van der Waals surface area contributed by atoms with Crippen molar-refractivity contribution in [2.75, 3.05) is 5.75 Å². The molecular weight excluding hydrogens is 288 g/mol. The van der Waals surface area contributed by atoms with Gasteiger partial charge < -0.3 is 0 Å². The number of hydrogen-bond acceptors (Lipinski definition) is 1. The van der Waals surface area contributed by atoms with E-state index in [9.17, 15) is 0 Å². The van der Waals surface area contributed by atoms with Crippen LogP contribution in [0.4, 0.5) is 0 Å². The van der Waals surface area contributed by atoms with Crippen molar-refractivity contribution in [2.24, 2.45) is 0 Å². The highest BCUT2D eigenvalue weighted by Gasteiger charge is 2.35. The van der Waals surface area contributed by atoms with Gasteiger partial charge >= 0.3 is 0 Å². The van der Waals surface area contributed by atoms with E-state index in [4.69, 9.17) is 11.1 Å².